The lowest BCUT2D eigenvalue weighted by Gasteiger charge is -2.36. The molecule has 1 saturated heterocycles. The van der Waals surface area contributed by atoms with Crippen LogP contribution in [0.1, 0.15) is 55.5 Å². The van der Waals surface area contributed by atoms with Gasteiger partial charge in [-0.1, -0.05) is 13.8 Å². The van der Waals surface area contributed by atoms with Crippen molar-refractivity contribution in [2.75, 3.05) is 4.90 Å². The molecule has 6 nitrogen and oxygen atoms in total. The SMILES string of the molecule is CCc1cc(N2C3CCC2c2cnc(CC)nc2C3)nc(-c2ccoc2)n1. The molecule has 6 heteroatoms. The van der Waals surface area contributed by atoms with Crippen LogP contribution < -0.4 is 4.90 Å². The van der Waals surface area contributed by atoms with Crippen molar-refractivity contribution in [1.82, 2.24) is 19.9 Å². The number of rotatable bonds is 4. The summed E-state index contributed by atoms with van der Waals surface area (Å²) in [6, 6.07) is 4.81. The Labute approximate surface area is 158 Å². The van der Waals surface area contributed by atoms with Gasteiger partial charge < -0.3 is 9.32 Å². The van der Waals surface area contributed by atoms with E-state index in [1.807, 2.05) is 12.3 Å². The Kier molecular flexibility index (Phi) is 3.92. The van der Waals surface area contributed by atoms with Crippen LogP contribution in [-0.2, 0) is 19.3 Å². The second-order valence-corrected chi connectivity index (χ2v) is 7.31. The summed E-state index contributed by atoms with van der Waals surface area (Å²) in [5, 5.41) is 0. The number of hydrogen-bond acceptors (Lipinski definition) is 6. The van der Waals surface area contributed by atoms with Gasteiger partial charge in [-0.15, -0.1) is 0 Å². The van der Waals surface area contributed by atoms with Gasteiger partial charge in [-0.05, 0) is 25.3 Å². The lowest BCUT2D eigenvalue weighted by Crippen LogP contribution is -2.39. The molecule has 0 aromatic carbocycles. The summed E-state index contributed by atoms with van der Waals surface area (Å²) in [4.78, 5) is 21.5. The lowest BCUT2D eigenvalue weighted by atomic mass is 9.99. The highest BCUT2D eigenvalue weighted by atomic mass is 16.3. The Balaban J connectivity index is 1.58. The molecule has 2 atom stereocenters. The standard InChI is InChI=1S/C21H23N5O/c1-3-14-9-20(25-21(23-14)13-7-8-27-12-13)26-15-5-6-18(26)16-11-22-19(4-2)24-17(16)10-15/h7-9,11-12,15,18H,3-6,10H2,1-2H3. The molecule has 0 aliphatic carbocycles. The van der Waals surface area contributed by atoms with Gasteiger partial charge in [0.25, 0.3) is 0 Å². The van der Waals surface area contributed by atoms with Crippen LogP contribution in [0.4, 0.5) is 5.82 Å². The molecule has 5 heterocycles. The predicted molar refractivity (Wildman–Crippen MR) is 102 cm³/mol. The van der Waals surface area contributed by atoms with E-state index in [2.05, 4.69) is 29.8 Å². The van der Waals surface area contributed by atoms with Crippen molar-refractivity contribution in [3.05, 3.63) is 53.6 Å². The molecule has 27 heavy (non-hydrogen) atoms. The summed E-state index contributed by atoms with van der Waals surface area (Å²) in [6.07, 6.45) is 10.4. The van der Waals surface area contributed by atoms with E-state index in [4.69, 9.17) is 19.4 Å². The molecule has 0 spiro atoms. The van der Waals surface area contributed by atoms with Crippen molar-refractivity contribution in [2.24, 2.45) is 0 Å². The van der Waals surface area contributed by atoms with E-state index in [0.717, 1.165) is 60.8 Å². The smallest absolute Gasteiger partial charge is 0.165 e. The van der Waals surface area contributed by atoms with E-state index in [0.29, 0.717) is 12.1 Å². The fourth-order valence-electron chi connectivity index (χ4n) is 4.36. The maximum absolute atomic E-state index is 5.24. The molecule has 3 aromatic heterocycles. The lowest BCUT2D eigenvalue weighted by molar-refractivity contribution is 0.567. The Morgan fingerprint density at radius 1 is 1.15 bits per heavy atom. The van der Waals surface area contributed by atoms with Crippen LogP contribution in [0.3, 0.4) is 0 Å². The molecule has 138 valence electrons. The van der Waals surface area contributed by atoms with Crippen LogP contribution >= 0.6 is 0 Å². The maximum Gasteiger partial charge on any atom is 0.165 e. The number of anilines is 1. The third-order valence-corrected chi connectivity index (χ3v) is 5.73. The number of nitrogens with zero attached hydrogens (tertiary/aromatic N) is 5. The van der Waals surface area contributed by atoms with Crippen molar-refractivity contribution in [3.63, 3.8) is 0 Å². The Hall–Kier alpha value is -2.76. The average Bonchev–Trinajstić information content (AvgIpc) is 3.35. The molecule has 2 unspecified atom stereocenters. The van der Waals surface area contributed by atoms with Gasteiger partial charge in [-0.25, -0.2) is 19.9 Å². The van der Waals surface area contributed by atoms with Gasteiger partial charge in [0, 0.05) is 42.4 Å². The van der Waals surface area contributed by atoms with Gasteiger partial charge in [0.15, 0.2) is 5.82 Å². The first-order chi connectivity index (χ1) is 13.3. The predicted octanol–water partition coefficient (Wildman–Crippen LogP) is 3.92. The molecule has 5 rings (SSSR count). The normalized spacial score (nSPS) is 20.7. The molecule has 2 bridgehead atoms. The highest BCUT2D eigenvalue weighted by Gasteiger charge is 2.41. The number of aryl methyl sites for hydroxylation is 2. The first kappa shape index (κ1) is 16.4. The van der Waals surface area contributed by atoms with Gasteiger partial charge in [-0.2, -0.15) is 0 Å². The first-order valence-electron chi connectivity index (χ1n) is 9.80. The summed E-state index contributed by atoms with van der Waals surface area (Å²) in [7, 11) is 0. The van der Waals surface area contributed by atoms with E-state index in [9.17, 15) is 0 Å². The molecule has 0 saturated carbocycles. The van der Waals surface area contributed by atoms with E-state index < -0.39 is 0 Å². The highest BCUT2D eigenvalue weighted by molar-refractivity contribution is 5.58. The van der Waals surface area contributed by atoms with Gasteiger partial charge in [0.05, 0.1) is 23.6 Å². The van der Waals surface area contributed by atoms with Crippen molar-refractivity contribution in [3.8, 4) is 11.4 Å². The first-order valence-corrected chi connectivity index (χ1v) is 9.80. The molecule has 0 amide bonds. The van der Waals surface area contributed by atoms with Crippen LogP contribution in [0.2, 0.25) is 0 Å². The zero-order chi connectivity index (χ0) is 18.4. The summed E-state index contributed by atoms with van der Waals surface area (Å²) >= 11 is 0. The summed E-state index contributed by atoms with van der Waals surface area (Å²) in [6.45, 7) is 4.24. The Morgan fingerprint density at radius 3 is 2.85 bits per heavy atom. The number of furan rings is 1. The molecule has 2 aliphatic rings. The second-order valence-electron chi connectivity index (χ2n) is 7.31. The van der Waals surface area contributed by atoms with Crippen LogP contribution in [0, 0.1) is 0 Å². The minimum atomic E-state index is 0.307. The third kappa shape index (κ3) is 2.71. The largest absolute Gasteiger partial charge is 0.472 e. The van der Waals surface area contributed by atoms with Crippen molar-refractivity contribution in [2.45, 2.75) is 58.0 Å². The maximum atomic E-state index is 5.24. The zero-order valence-electron chi connectivity index (χ0n) is 15.7. The van der Waals surface area contributed by atoms with Gasteiger partial charge >= 0.3 is 0 Å². The Morgan fingerprint density at radius 2 is 2.07 bits per heavy atom. The summed E-state index contributed by atoms with van der Waals surface area (Å²) < 4.78 is 5.24. The van der Waals surface area contributed by atoms with Gasteiger partial charge in [-0.3, -0.25) is 0 Å². The fraction of sp³-hybridized carbons (Fsp3) is 0.429. The minimum absolute atomic E-state index is 0.307. The minimum Gasteiger partial charge on any atom is -0.472 e. The molecule has 3 aromatic rings. The van der Waals surface area contributed by atoms with Crippen molar-refractivity contribution < 1.29 is 4.42 Å². The topological polar surface area (TPSA) is 67.9 Å². The molecule has 0 radical (unpaired) electrons. The van der Waals surface area contributed by atoms with E-state index in [1.165, 1.54) is 11.3 Å². The number of aromatic nitrogens is 4. The number of hydrogen-bond donors (Lipinski definition) is 0. The Bertz CT molecular complexity index is 969. The van der Waals surface area contributed by atoms with Crippen LogP contribution in [0.5, 0.6) is 0 Å². The van der Waals surface area contributed by atoms with Crippen molar-refractivity contribution in [1.29, 1.82) is 0 Å². The van der Waals surface area contributed by atoms with E-state index in [1.54, 1.807) is 12.5 Å². The highest BCUT2D eigenvalue weighted by Crippen LogP contribution is 2.45. The molecule has 0 N–H and O–H groups in total. The monoisotopic (exact) mass is 361 g/mol. The fourth-order valence-corrected chi connectivity index (χ4v) is 4.36. The summed E-state index contributed by atoms with van der Waals surface area (Å²) in [5.74, 6) is 2.69. The van der Waals surface area contributed by atoms with Crippen molar-refractivity contribution >= 4 is 5.82 Å². The molecular formula is C21H23N5O. The van der Waals surface area contributed by atoms with Gasteiger partial charge in [0.1, 0.15) is 17.9 Å². The van der Waals surface area contributed by atoms with Gasteiger partial charge in [0.2, 0.25) is 0 Å². The molecular weight excluding hydrogens is 338 g/mol. The number of fused-ring (bicyclic) bond motifs is 4. The average molecular weight is 361 g/mol. The van der Waals surface area contributed by atoms with Crippen LogP contribution in [0.25, 0.3) is 11.4 Å². The molecule has 2 aliphatic heterocycles. The second kappa shape index (κ2) is 6.44. The molecule has 1 fully saturated rings. The quantitative estimate of drug-likeness (QED) is 0.702. The summed E-state index contributed by atoms with van der Waals surface area (Å²) in [5.41, 5.74) is 4.47. The van der Waals surface area contributed by atoms with E-state index in [-0.39, 0.29) is 0 Å². The zero-order valence-corrected chi connectivity index (χ0v) is 15.7. The van der Waals surface area contributed by atoms with Crippen LogP contribution in [0.15, 0.2) is 35.3 Å². The third-order valence-electron chi connectivity index (χ3n) is 5.73. The van der Waals surface area contributed by atoms with E-state index >= 15 is 0 Å². The van der Waals surface area contributed by atoms with Crippen LogP contribution in [-0.4, -0.2) is 26.0 Å².